The Kier molecular flexibility index (Phi) is 5.15. The fourth-order valence-corrected chi connectivity index (χ4v) is 3.58. The molecule has 3 aromatic rings. The van der Waals surface area contributed by atoms with Crippen LogP contribution >= 0.6 is 23.8 Å². The van der Waals surface area contributed by atoms with Crippen LogP contribution in [0, 0.1) is 6.92 Å². The molecule has 0 unspecified atom stereocenters. The Morgan fingerprint density at radius 3 is 2.47 bits per heavy atom. The van der Waals surface area contributed by atoms with Crippen LogP contribution in [-0.2, 0) is 9.59 Å². The molecule has 150 valence electrons. The maximum atomic E-state index is 13.2. The van der Waals surface area contributed by atoms with Crippen molar-refractivity contribution < 1.29 is 14.7 Å². The minimum absolute atomic E-state index is 0.00372. The van der Waals surface area contributed by atoms with Gasteiger partial charge < -0.3 is 9.67 Å². The lowest BCUT2D eigenvalue weighted by atomic mass is 10.1. The number of phenolic OH excluding ortho intramolecular Hbond substituents is 1. The van der Waals surface area contributed by atoms with Gasteiger partial charge in [-0.15, -0.1) is 0 Å². The lowest BCUT2D eigenvalue weighted by molar-refractivity contribution is -0.122. The molecule has 8 heteroatoms. The third-order valence-corrected chi connectivity index (χ3v) is 5.41. The zero-order valence-corrected chi connectivity index (χ0v) is 17.4. The normalized spacial score (nSPS) is 15.6. The van der Waals surface area contributed by atoms with Gasteiger partial charge in [-0.05, 0) is 79.3 Å². The molecule has 4 rings (SSSR count). The van der Waals surface area contributed by atoms with Crippen molar-refractivity contribution in [1.29, 1.82) is 0 Å². The molecule has 1 aliphatic heterocycles. The van der Waals surface area contributed by atoms with E-state index in [1.54, 1.807) is 65.4 Å². The van der Waals surface area contributed by atoms with E-state index in [9.17, 15) is 14.7 Å². The van der Waals surface area contributed by atoms with E-state index in [4.69, 9.17) is 23.8 Å². The smallest absolute Gasteiger partial charge is 0.270 e. The van der Waals surface area contributed by atoms with E-state index < -0.39 is 11.8 Å². The Morgan fingerprint density at radius 2 is 1.77 bits per heavy atom. The number of aromatic nitrogens is 1. The molecule has 0 saturated carbocycles. The van der Waals surface area contributed by atoms with Crippen LogP contribution in [0.15, 0.2) is 66.4 Å². The maximum absolute atomic E-state index is 13.2. The fraction of sp³-hybridized carbons (Fsp3) is 0.0455. The van der Waals surface area contributed by atoms with Crippen molar-refractivity contribution in [3.05, 3.63) is 82.6 Å². The standard InChI is InChI=1S/C22H16ClN3O3S/c1-13-4-5-16(12-19(13)23)26-21(29)18(20(28)24-22(26)30)11-15-3-2-10-25(15)14-6-8-17(27)9-7-14/h2-12,27H,1H3,(H,24,28,30)/b18-11-. The molecule has 0 atom stereocenters. The van der Waals surface area contributed by atoms with Crippen molar-refractivity contribution >= 4 is 52.5 Å². The zero-order valence-electron chi connectivity index (χ0n) is 15.8. The van der Waals surface area contributed by atoms with Crippen LogP contribution in [0.3, 0.4) is 0 Å². The first-order chi connectivity index (χ1) is 14.3. The van der Waals surface area contributed by atoms with Crippen LogP contribution in [0.4, 0.5) is 5.69 Å². The molecule has 1 fully saturated rings. The van der Waals surface area contributed by atoms with Gasteiger partial charge in [-0.2, -0.15) is 0 Å². The quantitative estimate of drug-likeness (QED) is 0.369. The van der Waals surface area contributed by atoms with Crippen molar-refractivity contribution in [1.82, 2.24) is 9.88 Å². The third-order valence-electron chi connectivity index (χ3n) is 4.72. The highest BCUT2D eigenvalue weighted by Gasteiger charge is 2.34. The van der Waals surface area contributed by atoms with Crippen molar-refractivity contribution in [2.75, 3.05) is 4.90 Å². The molecule has 0 spiro atoms. The Balaban J connectivity index is 1.74. The first kappa shape index (κ1) is 19.9. The number of hydrogen-bond acceptors (Lipinski definition) is 4. The first-order valence-corrected chi connectivity index (χ1v) is 9.78. The van der Waals surface area contributed by atoms with Crippen LogP contribution in [0.2, 0.25) is 5.02 Å². The predicted molar refractivity (Wildman–Crippen MR) is 120 cm³/mol. The fourth-order valence-electron chi connectivity index (χ4n) is 3.12. The number of aromatic hydroxyl groups is 1. The number of aryl methyl sites for hydroxylation is 1. The Morgan fingerprint density at radius 1 is 1.07 bits per heavy atom. The summed E-state index contributed by atoms with van der Waals surface area (Å²) in [5.74, 6) is -0.964. The van der Waals surface area contributed by atoms with Crippen molar-refractivity contribution in [3.63, 3.8) is 0 Å². The number of thiocarbonyl (C=S) groups is 1. The largest absolute Gasteiger partial charge is 0.508 e. The third kappa shape index (κ3) is 3.60. The lowest BCUT2D eigenvalue weighted by Gasteiger charge is -2.29. The molecule has 30 heavy (non-hydrogen) atoms. The molecule has 1 aliphatic rings. The zero-order chi connectivity index (χ0) is 21.4. The topological polar surface area (TPSA) is 74.6 Å². The summed E-state index contributed by atoms with van der Waals surface area (Å²) in [5.41, 5.74) is 2.67. The number of nitrogens with zero attached hydrogens (tertiary/aromatic N) is 2. The van der Waals surface area contributed by atoms with E-state index in [1.807, 2.05) is 6.92 Å². The van der Waals surface area contributed by atoms with E-state index in [0.717, 1.165) is 11.3 Å². The van der Waals surface area contributed by atoms with Gasteiger partial charge in [0.1, 0.15) is 11.3 Å². The van der Waals surface area contributed by atoms with Gasteiger partial charge in [0.15, 0.2) is 5.11 Å². The molecule has 2 N–H and O–H groups in total. The second-order valence-electron chi connectivity index (χ2n) is 6.71. The van der Waals surface area contributed by atoms with Crippen LogP contribution < -0.4 is 10.2 Å². The predicted octanol–water partition coefficient (Wildman–Crippen LogP) is 3.98. The molecular weight excluding hydrogens is 422 g/mol. The summed E-state index contributed by atoms with van der Waals surface area (Å²) in [6.45, 7) is 1.85. The van der Waals surface area contributed by atoms with E-state index in [0.29, 0.717) is 16.4 Å². The first-order valence-electron chi connectivity index (χ1n) is 8.99. The molecule has 2 aromatic carbocycles. The minimum atomic E-state index is -0.571. The van der Waals surface area contributed by atoms with E-state index >= 15 is 0 Å². The number of nitrogens with one attached hydrogen (secondary N) is 1. The number of carbonyl (C=O) groups is 2. The summed E-state index contributed by atoms with van der Waals surface area (Å²) >= 11 is 11.4. The average Bonchev–Trinajstić information content (AvgIpc) is 3.16. The summed E-state index contributed by atoms with van der Waals surface area (Å²) in [6, 6.07) is 15.3. The number of halogens is 1. The number of benzene rings is 2. The number of hydrogen-bond donors (Lipinski definition) is 2. The SMILES string of the molecule is Cc1ccc(N2C(=O)/C(=C\c3cccn3-c3ccc(O)cc3)C(=O)NC2=S)cc1Cl. The van der Waals surface area contributed by atoms with Crippen molar-refractivity contribution in [2.45, 2.75) is 6.92 Å². The molecule has 2 amide bonds. The van der Waals surface area contributed by atoms with Crippen LogP contribution in [0.1, 0.15) is 11.3 Å². The molecule has 1 saturated heterocycles. The van der Waals surface area contributed by atoms with Gasteiger partial charge >= 0.3 is 0 Å². The number of amides is 2. The minimum Gasteiger partial charge on any atom is -0.508 e. The number of phenols is 1. The molecular formula is C22H16ClN3O3S. The van der Waals surface area contributed by atoms with Gasteiger partial charge in [-0.25, -0.2) is 0 Å². The Bertz CT molecular complexity index is 1210. The number of rotatable bonds is 3. The molecule has 6 nitrogen and oxygen atoms in total. The number of carbonyl (C=O) groups excluding carboxylic acids is 2. The summed E-state index contributed by atoms with van der Waals surface area (Å²) in [6.07, 6.45) is 3.31. The molecule has 0 radical (unpaired) electrons. The van der Waals surface area contributed by atoms with Gasteiger partial charge in [-0.1, -0.05) is 17.7 Å². The highest BCUT2D eigenvalue weighted by molar-refractivity contribution is 7.80. The van der Waals surface area contributed by atoms with Crippen molar-refractivity contribution in [3.8, 4) is 11.4 Å². The van der Waals surface area contributed by atoms with Gasteiger partial charge in [0, 0.05) is 22.6 Å². The molecule has 0 bridgehead atoms. The van der Waals surface area contributed by atoms with Gasteiger partial charge in [0.25, 0.3) is 11.8 Å². The second kappa shape index (κ2) is 7.78. The van der Waals surface area contributed by atoms with E-state index in [-0.39, 0.29) is 16.4 Å². The van der Waals surface area contributed by atoms with Gasteiger partial charge in [-0.3, -0.25) is 19.8 Å². The van der Waals surface area contributed by atoms with E-state index in [2.05, 4.69) is 5.32 Å². The lowest BCUT2D eigenvalue weighted by Crippen LogP contribution is -2.54. The highest BCUT2D eigenvalue weighted by Crippen LogP contribution is 2.27. The summed E-state index contributed by atoms with van der Waals surface area (Å²) in [4.78, 5) is 27.0. The second-order valence-corrected chi connectivity index (χ2v) is 7.50. The maximum Gasteiger partial charge on any atom is 0.270 e. The van der Waals surface area contributed by atoms with Crippen LogP contribution in [0.5, 0.6) is 5.75 Å². The average molecular weight is 438 g/mol. The Labute approximate surface area is 183 Å². The monoisotopic (exact) mass is 437 g/mol. The number of anilines is 1. The molecule has 1 aromatic heterocycles. The van der Waals surface area contributed by atoms with E-state index in [1.165, 1.54) is 11.0 Å². The van der Waals surface area contributed by atoms with Crippen molar-refractivity contribution in [2.24, 2.45) is 0 Å². The summed E-state index contributed by atoms with van der Waals surface area (Å²) in [5, 5.41) is 12.6. The van der Waals surface area contributed by atoms with Gasteiger partial charge in [0.2, 0.25) is 0 Å². The van der Waals surface area contributed by atoms with Crippen LogP contribution in [-0.4, -0.2) is 26.6 Å². The Hall–Kier alpha value is -3.42. The van der Waals surface area contributed by atoms with Crippen LogP contribution in [0.25, 0.3) is 11.8 Å². The van der Waals surface area contributed by atoms with Gasteiger partial charge in [0.05, 0.1) is 5.69 Å². The molecule has 0 aliphatic carbocycles. The summed E-state index contributed by atoms with van der Waals surface area (Å²) in [7, 11) is 0. The highest BCUT2D eigenvalue weighted by atomic mass is 35.5. The summed E-state index contributed by atoms with van der Waals surface area (Å²) < 4.78 is 1.80. The molecule has 2 heterocycles.